The van der Waals surface area contributed by atoms with Crippen molar-refractivity contribution in [2.45, 2.75) is 76.3 Å². The Kier molecular flexibility index (Phi) is 4.40. The number of nitrogens with zero attached hydrogens (tertiary/aromatic N) is 1. The maximum Gasteiger partial charge on any atom is 0.0611 e. The van der Waals surface area contributed by atoms with E-state index in [4.69, 9.17) is 0 Å². The van der Waals surface area contributed by atoms with Gasteiger partial charge in [0.05, 0.1) is 6.61 Å². The molecule has 116 valence electrons. The molecule has 3 nitrogen and oxygen atoms in total. The monoisotopic (exact) mass is 280 g/mol. The van der Waals surface area contributed by atoms with Gasteiger partial charge < -0.3 is 15.3 Å². The van der Waals surface area contributed by atoms with E-state index in [2.05, 4.69) is 17.1 Å². The molecule has 0 radical (unpaired) electrons. The van der Waals surface area contributed by atoms with Gasteiger partial charge >= 0.3 is 0 Å². The molecule has 2 saturated carbocycles. The van der Waals surface area contributed by atoms with Crippen LogP contribution in [0.2, 0.25) is 0 Å². The molecule has 2 N–H and O–H groups in total. The van der Waals surface area contributed by atoms with Crippen LogP contribution in [-0.2, 0) is 0 Å². The highest BCUT2D eigenvalue weighted by atomic mass is 16.3. The zero-order chi connectivity index (χ0) is 14.1. The van der Waals surface area contributed by atoms with Gasteiger partial charge in [0.2, 0.25) is 0 Å². The predicted molar refractivity (Wildman–Crippen MR) is 82.8 cm³/mol. The summed E-state index contributed by atoms with van der Waals surface area (Å²) in [5.74, 6) is 0. The largest absolute Gasteiger partial charge is 0.394 e. The standard InChI is InChI=1S/C17H32N2O/c1-16(14-20,18-15-4-5-15)8-11-19-12-9-17(10-13-19)6-2-3-7-17/h15,18,20H,2-14H2,1H3. The number of aliphatic hydroxyl groups is 1. The van der Waals surface area contributed by atoms with E-state index in [0.717, 1.165) is 18.4 Å². The second-order valence-corrected chi connectivity index (χ2v) is 7.94. The fraction of sp³-hybridized carbons (Fsp3) is 1.00. The highest BCUT2D eigenvalue weighted by molar-refractivity contribution is 4.94. The summed E-state index contributed by atoms with van der Waals surface area (Å²) in [6, 6.07) is 0.676. The maximum atomic E-state index is 9.68. The quantitative estimate of drug-likeness (QED) is 0.785. The molecule has 1 spiro atoms. The minimum atomic E-state index is -0.0658. The van der Waals surface area contributed by atoms with Crippen molar-refractivity contribution in [3.63, 3.8) is 0 Å². The van der Waals surface area contributed by atoms with Crippen LogP contribution < -0.4 is 5.32 Å². The van der Waals surface area contributed by atoms with E-state index in [-0.39, 0.29) is 12.1 Å². The number of likely N-dealkylation sites (tertiary alicyclic amines) is 1. The van der Waals surface area contributed by atoms with Crippen LogP contribution in [0, 0.1) is 5.41 Å². The van der Waals surface area contributed by atoms with Crippen molar-refractivity contribution in [1.82, 2.24) is 10.2 Å². The third kappa shape index (κ3) is 3.55. The zero-order valence-electron chi connectivity index (χ0n) is 13.2. The average Bonchev–Trinajstić information content (AvgIpc) is 3.16. The Morgan fingerprint density at radius 1 is 1.15 bits per heavy atom. The summed E-state index contributed by atoms with van der Waals surface area (Å²) in [6.45, 7) is 6.16. The van der Waals surface area contributed by atoms with Crippen molar-refractivity contribution in [3.8, 4) is 0 Å². The molecule has 1 saturated heterocycles. The second-order valence-electron chi connectivity index (χ2n) is 7.94. The van der Waals surface area contributed by atoms with E-state index in [1.54, 1.807) is 0 Å². The lowest BCUT2D eigenvalue weighted by atomic mass is 9.77. The van der Waals surface area contributed by atoms with Gasteiger partial charge in [-0.25, -0.2) is 0 Å². The van der Waals surface area contributed by atoms with Crippen LogP contribution in [0.25, 0.3) is 0 Å². The molecule has 3 heteroatoms. The fourth-order valence-corrected chi connectivity index (χ4v) is 4.20. The smallest absolute Gasteiger partial charge is 0.0611 e. The SMILES string of the molecule is CC(CO)(CCN1CCC2(CCCC2)CC1)NC1CC1. The lowest BCUT2D eigenvalue weighted by molar-refractivity contribution is 0.0893. The van der Waals surface area contributed by atoms with Gasteiger partial charge in [-0.1, -0.05) is 12.8 Å². The first-order valence-electron chi connectivity index (χ1n) is 8.74. The number of piperidine rings is 1. The van der Waals surface area contributed by atoms with Crippen LogP contribution >= 0.6 is 0 Å². The predicted octanol–water partition coefficient (Wildman–Crippen LogP) is 2.54. The fourth-order valence-electron chi connectivity index (χ4n) is 4.20. The van der Waals surface area contributed by atoms with E-state index in [1.165, 1.54) is 64.5 Å². The summed E-state index contributed by atoms with van der Waals surface area (Å²) >= 11 is 0. The molecule has 20 heavy (non-hydrogen) atoms. The van der Waals surface area contributed by atoms with Crippen LogP contribution in [0.3, 0.4) is 0 Å². The molecule has 0 aromatic carbocycles. The van der Waals surface area contributed by atoms with Crippen LogP contribution in [0.15, 0.2) is 0 Å². The molecular formula is C17H32N2O. The summed E-state index contributed by atoms with van der Waals surface area (Å²) in [6.07, 6.45) is 12.4. The lowest BCUT2D eigenvalue weighted by Crippen LogP contribution is -2.50. The highest BCUT2D eigenvalue weighted by Crippen LogP contribution is 2.46. The van der Waals surface area contributed by atoms with Gasteiger partial charge in [0.25, 0.3) is 0 Å². The Morgan fingerprint density at radius 2 is 1.80 bits per heavy atom. The van der Waals surface area contributed by atoms with E-state index < -0.39 is 0 Å². The number of nitrogens with one attached hydrogen (secondary N) is 1. The summed E-state index contributed by atoms with van der Waals surface area (Å²) in [5.41, 5.74) is 0.659. The summed E-state index contributed by atoms with van der Waals surface area (Å²) in [5, 5.41) is 13.3. The molecule has 1 atom stereocenters. The molecule has 1 unspecified atom stereocenters. The Hall–Kier alpha value is -0.120. The van der Waals surface area contributed by atoms with Crippen LogP contribution in [-0.4, -0.2) is 47.8 Å². The first kappa shape index (κ1) is 14.8. The molecule has 0 aromatic heterocycles. The zero-order valence-corrected chi connectivity index (χ0v) is 13.2. The summed E-state index contributed by atoms with van der Waals surface area (Å²) in [4.78, 5) is 2.63. The van der Waals surface area contributed by atoms with E-state index in [1.807, 2.05) is 0 Å². The van der Waals surface area contributed by atoms with Gasteiger partial charge in [-0.3, -0.25) is 0 Å². The van der Waals surface area contributed by atoms with E-state index in [0.29, 0.717) is 6.04 Å². The van der Waals surface area contributed by atoms with Crippen molar-refractivity contribution in [2.24, 2.45) is 5.41 Å². The molecule has 1 aliphatic heterocycles. The van der Waals surface area contributed by atoms with Gasteiger partial charge in [0.1, 0.15) is 0 Å². The molecule has 3 rings (SSSR count). The van der Waals surface area contributed by atoms with Gasteiger partial charge in [-0.15, -0.1) is 0 Å². The summed E-state index contributed by atoms with van der Waals surface area (Å²) < 4.78 is 0. The number of hydrogen-bond donors (Lipinski definition) is 2. The van der Waals surface area contributed by atoms with Crippen LogP contribution in [0.1, 0.15) is 64.7 Å². The molecule has 2 aliphatic carbocycles. The van der Waals surface area contributed by atoms with Crippen molar-refractivity contribution >= 4 is 0 Å². The van der Waals surface area contributed by atoms with Crippen LogP contribution in [0.5, 0.6) is 0 Å². The third-order valence-corrected chi connectivity index (χ3v) is 6.04. The molecule has 3 aliphatic rings. The normalized spacial score (nSPS) is 29.7. The lowest BCUT2D eigenvalue weighted by Gasteiger charge is -2.40. The molecule has 0 amide bonds. The van der Waals surface area contributed by atoms with Gasteiger partial charge in [0, 0.05) is 11.6 Å². The number of aliphatic hydroxyl groups excluding tert-OH is 1. The summed E-state index contributed by atoms with van der Waals surface area (Å²) in [7, 11) is 0. The molecule has 1 heterocycles. The van der Waals surface area contributed by atoms with Gasteiger partial charge in [-0.2, -0.15) is 0 Å². The Morgan fingerprint density at radius 3 is 2.35 bits per heavy atom. The minimum absolute atomic E-state index is 0.0658. The third-order valence-electron chi connectivity index (χ3n) is 6.04. The highest BCUT2D eigenvalue weighted by Gasteiger charge is 2.37. The molecule has 0 bridgehead atoms. The number of rotatable bonds is 6. The Labute approximate surface area is 124 Å². The first-order valence-corrected chi connectivity index (χ1v) is 8.74. The second kappa shape index (κ2) is 5.94. The van der Waals surface area contributed by atoms with Crippen molar-refractivity contribution in [1.29, 1.82) is 0 Å². The minimum Gasteiger partial charge on any atom is -0.394 e. The molecule has 0 aromatic rings. The Balaban J connectivity index is 1.42. The van der Waals surface area contributed by atoms with Gasteiger partial charge in [-0.05, 0) is 76.9 Å². The van der Waals surface area contributed by atoms with Crippen molar-refractivity contribution in [2.75, 3.05) is 26.2 Å². The van der Waals surface area contributed by atoms with Crippen molar-refractivity contribution in [3.05, 3.63) is 0 Å². The average molecular weight is 280 g/mol. The number of hydrogen-bond acceptors (Lipinski definition) is 3. The Bertz CT molecular complexity index is 313. The van der Waals surface area contributed by atoms with Gasteiger partial charge in [0.15, 0.2) is 0 Å². The van der Waals surface area contributed by atoms with E-state index >= 15 is 0 Å². The maximum absolute atomic E-state index is 9.68. The van der Waals surface area contributed by atoms with E-state index in [9.17, 15) is 5.11 Å². The van der Waals surface area contributed by atoms with Crippen molar-refractivity contribution < 1.29 is 5.11 Å². The molecule has 3 fully saturated rings. The van der Waals surface area contributed by atoms with Crippen LogP contribution in [0.4, 0.5) is 0 Å². The topological polar surface area (TPSA) is 35.5 Å². The molecular weight excluding hydrogens is 248 g/mol. The first-order chi connectivity index (χ1) is 9.63.